The summed E-state index contributed by atoms with van der Waals surface area (Å²) in [5, 5.41) is 19.3. The fourth-order valence-electron chi connectivity index (χ4n) is 4.94. The monoisotopic (exact) mass is 452 g/mol. The third-order valence-electron chi connectivity index (χ3n) is 6.86. The number of rotatable bonds is 8. The molecule has 1 aliphatic rings. The van der Waals surface area contributed by atoms with Gasteiger partial charge >= 0.3 is 5.88 Å². The minimum atomic E-state index is 0.353. The fourth-order valence-corrected chi connectivity index (χ4v) is 4.94. The molecule has 0 unspecified atom stereocenters. The van der Waals surface area contributed by atoms with Gasteiger partial charge < -0.3 is 15.3 Å². The third-order valence-corrected chi connectivity index (χ3v) is 6.86. The van der Waals surface area contributed by atoms with Gasteiger partial charge in [0.05, 0.1) is 5.56 Å². The molecule has 5 rings (SSSR count). The van der Waals surface area contributed by atoms with E-state index in [2.05, 4.69) is 66.0 Å². The van der Waals surface area contributed by atoms with Gasteiger partial charge in [-0.25, -0.2) is 0 Å². The van der Waals surface area contributed by atoms with Crippen molar-refractivity contribution in [1.29, 1.82) is 0 Å². The summed E-state index contributed by atoms with van der Waals surface area (Å²) < 4.78 is 7.35. The van der Waals surface area contributed by atoms with E-state index >= 15 is 0 Å². The van der Waals surface area contributed by atoms with E-state index in [1.165, 1.54) is 16.3 Å². The first-order valence-electron chi connectivity index (χ1n) is 12.4. The summed E-state index contributed by atoms with van der Waals surface area (Å²) in [5.41, 5.74) is 4.20. The van der Waals surface area contributed by atoms with Crippen LogP contribution in [0.25, 0.3) is 10.8 Å². The number of nitrogens with zero attached hydrogens (tertiary/aromatic N) is 1. The quantitative estimate of drug-likeness (QED) is 0.276. The van der Waals surface area contributed by atoms with Crippen molar-refractivity contribution < 1.29 is 9.47 Å². The lowest BCUT2D eigenvalue weighted by atomic mass is 9.90. The van der Waals surface area contributed by atoms with E-state index in [9.17, 15) is 5.21 Å². The first kappa shape index (κ1) is 22.4. The number of hydrogen-bond donors (Lipinski definition) is 1. The van der Waals surface area contributed by atoms with Crippen molar-refractivity contribution in [2.24, 2.45) is 0 Å². The molecule has 1 fully saturated rings. The highest BCUT2D eigenvalue weighted by molar-refractivity contribution is 5.82. The van der Waals surface area contributed by atoms with Gasteiger partial charge in [0.15, 0.2) is 5.69 Å². The molecule has 1 N–H and O–H groups in total. The highest BCUT2D eigenvalue weighted by Crippen LogP contribution is 2.31. The summed E-state index contributed by atoms with van der Waals surface area (Å²) in [6, 6.07) is 29.3. The van der Waals surface area contributed by atoms with Gasteiger partial charge in [-0.1, -0.05) is 66.7 Å². The topological polar surface area (TPSA) is 48.2 Å². The predicted octanol–water partition coefficient (Wildman–Crippen LogP) is 5.69. The maximum absolute atomic E-state index is 13.5. The SMILES string of the molecule is [O-][n+]1c(CCCc2ccccc2)ccc(C2CCNCC2)c1OCc1ccc2ccccc2c1. The van der Waals surface area contributed by atoms with Crippen molar-refractivity contribution in [3.63, 3.8) is 0 Å². The molecular weight excluding hydrogens is 420 g/mol. The van der Waals surface area contributed by atoms with Crippen molar-refractivity contribution in [3.8, 4) is 5.88 Å². The van der Waals surface area contributed by atoms with E-state index in [1.54, 1.807) is 0 Å². The summed E-state index contributed by atoms with van der Waals surface area (Å²) in [7, 11) is 0. The van der Waals surface area contributed by atoms with Crippen LogP contribution in [0, 0.1) is 5.21 Å². The van der Waals surface area contributed by atoms with Crippen LogP contribution in [0.5, 0.6) is 5.88 Å². The second kappa shape index (κ2) is 10.7. The first-order valence-corrected chi connectivity index (χ1v) is 12.4. The van der Waals surface area contributed by atoms with Crippen LogP contribution in [0.15, 0.2) is 84.9 Å². The molecule has 1 aliphatic heterocycles. The van der Waals surface area contributed by atoms with E-state index in [-0.39, 0.29) is 0 Å². The maximum Gasteiger partial charge on any atom is 0.383 e. The van der Waals surface area contributed by atoms with E-state index < -0.39 is 0 Å². The Bertz CT molecular complexity index is 1230. The molecule has 0 saturated carbocycles. The Morgan fingerprint density at radius 3 is 2.38 bits per heavy atom. The number of ether oxygens (including phenoxy) is 1. The average molecular weight is 453 g/mol. The lowest BCUT2D eigenvalue weighted by Gasteiger charge is -2.24. The number of hydrogen-bond acceptors (Lipinski definition) is 3. The highest BCUT2D eigenvalue weighted by Gasteiger charge is 2.26. The van der Waals surface area contributed by atoms with E-state index in [4.69, 9.17) is 4.74 Å². The van der Waals surface area contributed by atoms with Crippen molar-refractivity contribution in [1.82, 2.24) is 5.32 Å². The predicted molar refractivity (Wildman–Crippen MR) is 137 cm³/mol. The van der Waals surface area contributed by atoms with Crippen molar-refractivity contribution in [3.05, 3.63) is 113 Å². The van der Waals surface area contributed by atoms with Gasteiger partial charge in [0.1, 0.15) is 6.61 Å². The zero-order chi connectivity index (χ0) is 23.2. The van der Waals surface area contributed by atoms with Gasteiger partial charge in [0, 0.05) is 12.5 Å². The zero-order valence-electron chi connectivity index (χ0n) is 19.6. The molecular formula is C30H32N2O2. The molecule has 3 aromatic carbocycles. The Morgan fingerprint density at radius 1 is 0.794 bits per heavy atom. The molecule has 0 bridgehead atoms. The summed E-state index contributed by atoms with van der Waals surface area (Å²) in [5.74, 6) is 0.837. The number of pyridine rings is 1. The van der Waals surface area contributed by atoms with E-state index in [1.807, 2.05) is 24.3 Å². The Labute approximate surface area is 201 Å². The number of aromatic nitrogens is 1. The van der Waals surface area contributed by atoms with Crippen LogP contribution in [0.3, 0.4) is 0 Å². The highest BCUT2D eigenvalue weighted by atomic mass is 16.5. The molecule has 4 nitrogen and oxygen atoms in total. The molecule has 0 atom stereocenters. The molecule has 174 valence electrons. The second-order valence-corrected chi connectivity index (χ2v) is 9.21. The number of fused-ring (bicyclic) bond motifs is 1. The van der Waals surface area contributed by atoms with Gasteiger partial charge in [0.2, 0.25) is 0 Å². The standard InChI is InChI=1S/C30H32N2O2/c33-32-28(12-6-9-23-7-2-1-3-8-23)15-16-29(26-17-19-31-20-18-26)30(32)34-22-24-13-14-25-10-4-5-11-27(25)21-24/h1-5,7-8,10-11,13-16,21,26,31H,6,9,12,17-20,22H2. The third kappa shape index (κ3) is 5.23. The molecule has 1 saturated heterocycles. The van der Waals surface area contributed by atoms with E-state index in [0.29, 0.717) is 18.4 Å². The molecule has 0 amide bonds. The molecule has 0 aliphatic carbocycles. The van der Waals surface area contributed by atoms with Gasteiger partial charge in [0.25, 0.3) is 0 Å². The molecule has 34 heavy (non-hydrogen) atoms. The van der Waals surface area contributed by atoms with Gasteiger partial charge in [-0.2, -0.15) is 0 Å². The van der Waals surface area contributed by atoms with E-state index in [0.717, 1.165) is 66.7 Å². The summed E-state index contributed by atoms with van der Waals surface area (Å²) in [6.07, 6.45) is 4.68. The molecule has 0 radical (unpaired) electrons. The van der Waals surface area contributed by atoms with Crippen LogP contribution >= 0.6 is 0 Å². The number of nitrogens with one attached hydrogen (secondary N) is 1. The Hall–Kier alpha value is -3.37. The zero-order valence-corrected chi connectivity index (χ0v) is 19.6. The molecule has 0 spiro atoms. The molecule has 1 aromatic heterocycles. The molecule has 4 heteroatoms. The van der Waals surface area contributed by atoms with Gasteiger partial charge in [-0.3, -0.25) is 0 Å². The number of piperidine rings is 1. The largest absolute Gasteiger partial charge is 0.616 e. The maximum atomic E-state index is 13.5. The molecule has 4 aromatic rings. The van der Waals surface area contributed by atoms with Crippen LogP contribution < -0.4 is 14.8 Å². The smallest absolute Gasteiger partial charge is 0.383 e. The Balaban J connectivity index is 1.36. The fraction of sp³-hybridized carbons (Fsp3) is 0.300. The second-order valence-electron chi connectivity index (χ2n) is 9.21. The average Bonchev–Trinajstić information content (AvgIpc) is 2.90. The minimum Gasteiger partial charge on any atom is -0.616 e. The number of benzene rings is 3. The first-order chi connectivity index (χ1) is 16.8. The summed E-state index contributed by atoms with van der Waals surface area (Å²) in [6.45, 7) is 2.34. The lowest BCUT2D eigenvalue weighted by molar-refractivity contribution is -0.622. The van der Waals surface area contributed by atoms with Gasteiger partial charge in [-0.15, -0.1) is 4.73 Å². The van der Waals surface area contributed by atoms with Crippen LogP contribution in [0.2, 0.25) is 0 Å². The van der Waals surface area contributed by atoms with Gasteiger partial charge in [-0.05, 0) is 78.7 Å². The summed E-state index contributed by atoms with van der Waals surface area (Å²) in [4.78, 5) is 0. The minimum absolute atomic E-state index is 0.353. The van der Waals surface area contributed by atoms with Crippen LogP contribution in [-0.2, 0) is 19.4 Å². The normalized spacial score (nSPS) is 14.4. The van der Waals surface area contributed by atoms with Crippen LogP contribution in [-0.4, -0.2) is 13.1 Å². The number of aryl methyl sites for hydroxylation is 2. The summed E-state index contributed by atoms with van der Waals surface area (Å²) >= 11 is 0. The lowest BCUT2D eigenvalue weighted by Crippen LogP contribution is -2.37. The Morgan fingerprint density at radius 2 is 1.56 bits per heavy atom. The van der Waals surface area contributed by atoms with Crippen molar-refractivity contribution >= 4 is 10.8 Å². The van der Waals surface area contributed by atoms with Crippen LogP contribution in [0.1, 0.15) is 47.6 Å². The van der Waals surface area contributed by atoms with Crippen molar-refractivity contribution in [2.45, 2.75) is 44.6 Å². The molecule has 2 heterocycles. The Kier molecular flexibility index (Phi) is 7.06. The van der Waals surface area contributed by atoms with Crippen molar-refractivity contribution in [2.75, 3.05) is 13.1 Å². The van der Waals surface area contributed by atoms with Crippen LogP contribution in [0.4, 0.5) is 0 Å².